The number of rotatable bonds is 6. The highest BCUT2D eigenvalue weighted by Gasteiger charge is 2.31. The molecule has 1 aromatic heterocycles. The summed E-state index contributed by atoms with van der Waals surface area (Å²) in [6.45, 7) is 8.81. The zero-order valence-electron chi connectivity index (χ0n) is 19.5. The molecule has 0 bridgehead atoms. The van der Waals surface area contributed by atoms with E-state index in [0.717, 1.165) is 24.8 Å². The van der Waals surface area contributed by atoms with Gasteiger partial charge in [-0.15, -0.1) is 11.3 Å². The van der Waals surface area contributed by atoms with E-state index in [1.54, 1.807) is 19.1 Å². The number of hydrogen-bond acceptors (Lipinski definition) is 6. The lowest BCUT2D eigenvalue weighted by Gasteiger charge is -2.38. The molecule has 1 fully saturated rings. The zero-order valence-corrected chi connectivity index (χ0v) is 20.3. The molecule has 1 aliphatic carbocycles. The van der Waals surface area contributed by atoms with Crippen molar-refractivity contribution in [2.24, 2.45) is 5.92 Å². The minimum atomic E-state index is -0.360. The van der Waals surface area contributed by atoms with Gasteiger partial charge in [-0.05, 0) is 56.7 Å². The number of anilines is 2. The fraction of sp³-hybridized carbons (Fsp3) is 0.520. The Kier molecular flexibility index (Phi) is 7.34. The number of nitrogens with one attached hydrogen (secondary N) is 1. The summed E-state index contributed by atoms with van der Waals surface area (Å²) < 4.78 is 19.4. The molecule has 1 aliphatic heterocycles. The Bertz CT molecular complexity index is 1020. The molecular weight excluding hydrogens is 441 g/mol. The molecule has 0 spiro atoms. The van der Waals surface area contributed by atoms with Crippen molar-refractivity contribution in [1.82, 2.24) is 4.90 Å². The number of piperazine rings is 1. The van der Waals surface area contributed by atoms with Crippen LogP contribution in [0.15, 0.2) is 24.3 Å². The molecule has 2 aliphatic rings. The van der Waals surface area contributed by atoms with E-state index >= 15 is 0 Å². The summed E-state index contributed by atoms with van der Waals surface area (Å²) in [6, 6.07) is 6.43. The first-order chi connectivity index (χ1) is 15.9. The van der Waals surface area contributed by atoms with Crippen LogP contribution in [-0.2, 0) is 22.4 Å². The Balaban J connectivity index is 1.44. The molecule has 0 saturated carbocycles. The average molecular weight is 474 g/mol. The molecule has 178 valence electrons. The summed E-state index contributed by atoms with van der Waals surface area (Å²) in [6.07, 6.45) is 2.80. The van der Waals surface area contributed by atoms with Crippen molar-refractivity contribution < 1.29 is 18.7 Å². The third-order valence-corrected chi connectivity index (χ3v) is 7.83. The number of benzene rings is 1. The van der Waals surface area contributed by atoms with Crippen LogP contribution in [-0.4, -0.2) is 55.6 Å². The smallest absolute Gasteiger partial charge is 0.341 e. The van der Waals surface area contributed by atoms with E-state index in [9.17, 15) is 14.0 Å². The van der Waals surface area contributed by atoms with Crippen LogP contribution in [0.1, 0.15) is 48.0 Å². The highest BCUT2D eigenvalue weighted by atomic mass is 32.1. The lowest BCUT2D eigenvalue weighted by atomic mass is 9.88. The summed E-state index contributed by atoms with van der Waals surface area (Å²) in [7, 11) is 0. The van der Waals surface area contributed by atoms with Crippen LogP contribution in [0.4, 0.5) is 15.1 Å². The number of ether oxygens (including phenoxy) is 1. The Hall–Kier alpha value is -2.45. The standard InChI is InChI=1S/C25H32FN3O3S/c1-4-32-25(31)22-18-10-9-16(2)15-21(18)33-24(22)27-23(30)17(3)28-11-13-29(14-12-28)20-8-6-5-7-19(20)26/h5-8,16-17H,4,9-15H2,1-3H3,(H,27,30). The Morgan fingerprint density at radius 2 is 1.97 bits per heavy atom. The zero-order chi connectivity index (χ0) is 23.5. The van der Waals surface area contributed by atoms with Gasteiger partial charge in [-0.25, -0.2) is 9.18 Å². The number of amides is 1. The molecule has 4 rings (SSSR count). The van der Waals surface area contributed by atoms with Crippen LogP contribution < -0.4 is 10.2 Å². The van der Waals surface area contributed by atoms with E-state index in [0.29, 0.717) is 55.0 Å². The lowest BCUT2D eigenvalue weighted by molar-refractivity contribution is -0.120. The van der Waals surface area contributed by atoms with Crippen molar-refractivity contribution in [3.05, 3.63) is 46.1 Å². The number of hydrogen-bond donors (Lipinski definition) is 1. The Labute approximate surface area is 198 Å². The SMILES string of the molecule is CCOC(=O)c1c(NC(=O)C(C)N2CCN(c3ccccc3F)CC2)sc2c1CCC(C)C2. The predicted octanol–water partition coefficient (Wildman–Crippen LogP) is 4.34. The van der Waals surface area contributed by atoms with Gasteiger partial charge in [-0.2, -0.15) is 0 Å². The minimum absolute atomic E-state index is 0.133. The van der Waals surface area contributed by atoms with E-state index in [1.165, 1.54) is 22.3 Å². The van der Waals surface area contributed by atoms with E-state index in [1.807, 2.05) is 17.9 Å². The van der Waals surface area contributed by atoms with Crippen molar-refractivity contribution >= 4 is 33.9 Å². The summed E-state index contributed by atoms with van der Waals surface area (Å²) in [5.74, 6) is -0.142. The van der Waals surface area contributed by atoms with Gasteiger partial charge >= 0.3 is 5.97 Å². The Morgan fingerprint density at radius 1 is 1.24 bits per heavy atom. The van der Waals surface area contributed by atoms with Gasteiger partial charge in [-0.3, -0.25) is 9.69 Å². The van der Waals surface area contributed by atoms with Gasteiger partial charge in [0, 0.05) is 31.1 Å². The molecule has 8 heteroatoms. The lowest BCUT2D eigenvalue weighted by Crippen LogP contribution is -2.53. The second-order valence-corrected chi connectivity index (χ2v) is 10.0. The molecule has 1 amide bonds. The molecule has 2 atom stereocenters. The highest BCUT2D eigenvalue weighted by Crippen LogP contribution is 2.40. The maximum atomic E-state index is 14.1. The van der Waals surface area contributed by atoms with Gasteiger partial charge < -0.3 is 15.0 Å². The highest BCUT2D eigenvalue weighted by molar-refractivity contribution is 7.17. The maximum Gasteiger partial charge on any atom is 0.341 e. The van der Waals surface area contributed by atoms with Crippen LogP contribution in [0.3, 0.4) is 0 Å². The quantitative estimate of drug-likeness (QED) is 0.633. The molecule has 1 N–H and O–H groups in total. The number of nitrogens with zero attached hydrogens (tertiary/aromatic N) is 2. The molecule has 2 heterocycles. The molecular formula is C25H32FN3O3S. The largest absolute Gasteiger partial charge is 0.462 e. The number of carbonyl (C=O) groups is 2. The van der Waals surface area contributed by atoms with Crippen molar-refractivity contribution in [2.45, 2.75) is 46.1 Å². The van der Waals surface area contributed by atoms with E-state index in [4.69, 9.17) is 4.74 Å². The van der Waals surface area contributed by atoms with Crippen molar-refractivity contribution in [3.63, 3.8) is 0 Å². The maximum absolute atomic E-state index is 14.1. The third kappa shape index (κ3) is 5.06. The van der Waals surface area contributed by atoms with Crippen LogP contribution in [0.5, 0.6) is 0 Å². The average Bonchev–Trinajstić information content (AvgIpc) is 3.16. The van der Waals surface area contributed by atoms with Gasteiger partial charge in [0.25, 0.3) is 0 Å². The topological polar surface area (TPSA) is 61.9 Å². The number of fused-ring (bicyclic) bond motifs is 1. The first-order valence-electron chi connectivity index (χ1n) is 11.7. The van der Waals surface area contributed by atoms with E-state index in [2.05, 4.69) is 17.1 Å². The Morgan fingerprint density at radius 3 is 2.67 bits per heavy atom. The van der Waals surface area contributed by atoms with Gasteiger partial charge in [0.2, 0.25) is 5.91 Å². The van der Waals surface area contributed by atoms with Crippen molar-refractivity contribution in [1.29, 1.82) is 0 Å². The first-order valence-corrected chi connectivity index (χ1v) is 12.6. The molecule has 33 heavy (non-hydrogen) atoms. The van der Waals surface area contributed by atoms with Crippen molar-refractivity contribution in [3.8, 4) is 0 Å². The monoisotopic (exact) mass is 473 g/mol. The van der Waals surface area contributed by atoms with Crippen LogP contribution in [0.2, 0.25) is 0 Å². The predicted molar refractivity (Wildman–Crippen MR) is 130 cm³/mol. The summed E-state index contributed by atoms with van der Waals surface area (Å²) >= 11 is 1.51. The molecule has 2 unspecified atom stereocenters. The number of carbonyl (C=O) groups excluding carboxylic acids is 2. The normalized spacial score (nSPS) is 19.6. The van der Waals surface area contributed by atoms with Crippen LogP contribution >= 0.6 is 11.3 Å². The summed E-state index contributed by atoms with van der Waals surface area (Å²) in [5.41, 5.74) is 2.18. The molecule has 1 aromatic carbocycles. The first kappa shape index (κ1) is 23.7. The second kappa shape index (κ2) is 10.2. The van der Waals surface area contributed by atoms with Gasteiger partial charge in [0.15, 0.2) is 0 Å². The third-order valence-electron chi connectivity index (χ3n) is 6.66. The van der Waals surface area contributed by atoms with Crippen LogP contribution in [0, 0.1) is 11.7 Å². The van der Waals surface area contributed by atoms with Gasteiger partial charge in [0.1, 0.15) is 10.8 Å². The van der Waals surface area contributed by atoms with E-state index in [-0.39, 0.29) is 23.7 Å². The number of thiophene rings is 1. The van der Waals surface area contributed by atoms with Crippen molar-refractivity contribution in [2.75, 3.05) is 43.0 Å². The number of halogens is 1. The van der Waals surface area contributed by atoms with Crippen LogP contribution in [0.25, 0.3) is 0 Å². The van der Waals surface area contributed by atoms with Gasteiger partial charge in [-0.1, -0.05) is 19.1 Å². The minimum Gasteiger partial charge on any atom is -0.462 e. The summed E-state index contributed by atoms with van der Waals surface area (Å²) in [4.78, 5) is 31.2. The number of para-hydroxylation sites is 1. The molecule has 1 saturated heterocycles. The number of esters is 1. The van der Waals surface area contributed by atoms with Gasteiger partial charge in [0.05, 0.1) is 23.9 Å². The molecule has 0 radical (unpaired) electrons. The molecule has 2 aromatic rings. The fourth-order valence-electron chi connectivity index (χ4n) is 4.70. The van der Waals surface area contributed by atoms with E-state index < -0.39 is 0 Å². The fourth-order valence-corrected chi connectivity index (χ4v) is 6.10. The molecule has 6 nitrogen and oxygen atoms in total. The second-order valence-electron chi connectivity index (χ2n) is 8.92. The summed E-state index contributed by atoms with van der Waals surface area (Å²) in [5, 5.41) is 3.64.